The summed E-state index contributed by atoms with van der Waals surface area (Å²) in [6, 6.07) is 7.61. The Bertz CT molecular complexity index is 681. The van der Waals surface area contributed by atoms with Gasteiger partial charge in [0, 0.05) is 41.7 Å². The summed E-state index contributed by atoms with van der Waals surface area (Å²) in [5.74, 6) is 0.215. The van der Waals surface area contributed by atoms with Crippen LogP contribution < -0.4 is 0 Å². The Hall–Kier alpha value is -1.72. The van der Waals surface area contributed by atoms with Crippen LogP contribution in [0.25, 0.3) is 10.6 Å². The number of aryl methyl sites for hydroxylation is 1. The maximum Gasteiger partial charge on any atom is 0.253 e. The highest BCUT2D eigenvalue weighted by Crippen LogP contribution is 2.27. The first kappa shape index (κ1) is 16.1. The molecule has 1 aromatic heterocycles. The van der Waals surface area contributed by atoms with Crippen LogP contribution in [0.5, 0.6) is 0 Å². The molecule has 1 aliphatic carbocycles. The van der Waals surface area contributed by atoms with E-state index in [0.29, 0.717) is 12.1 Å². The van der Waals surface area contributed by atoms with Gasteiger partial charge in [0.1, 0.15) is 5.01 Å². The van der Waals surface area contributed by atoms with Crippen molar-refractivity contribution < 1.29 is 9.90 Å². The summed E-state index contributed by atoms with van der Waals surface area (Å²) in [6.45, 7) is 2.59. The van der Waals surface area contributed by atoms with Crippen LogP contribution in [0, 0.1) is 12.8 Å². The molecule has 0 spiro atoms. The number of hydrogen-bond donors (Lipinski definition) is 1. The predicted octanol–water partition coefficient (Wildman–Crippen LogP) is 3.35. The number of aromatic nitrogens is 1. The maximum atomic E-state index is 12.5. The van der Waals surface area contributed by atoms with Crippen LogP contribution in [0.15, 0.2) is 29.6 Å². The second kappa shape index (κ2) is 6.81. The molecular formula is C18H22N2O2S. The van der Waals surface area contributed by atoms with E-state index in [-0.39, 0.29) is 17.9 Å². The van der Waals surface area contributed by atoms with Gasteiger partial charge in [-0.3, -0.25) is 4.79 Å². The number of hydrogen-bond acceptors (Lipinski definition) is 4. The third kappa shape index (κ3) is 3.62. The summed E-state index contributed by atoms with van der Waals surface area (Å²) in [5.41, 5.74) is 2.73. The van der Waals surface area contributed by atoms with Gasteiger partial charge in [-0.25, -0.2) is 4.98 Å². The fourth-order valence-electron chi connectivity index (χ4n) is 3.13. The van der Waals surface area contributed by atoms with Crippen molar-refractivity contribution >= 4 is 17.2 Å². The summed E-state index contributed by atoms with van der Waals surface area (Å²) in [4.78, 5) is 18.7. The molecule has 1 N–H and O–H groups in total. The van der Waals surface area contributed by atoms with E-state index in [1.807, 2.05) is 43.6 Å². The molecule has 2 aromatic rings. The van der Waals surface area contributed by atoms with Crippen LogP contribution in [-0.4, -0.2) is 40.6 Å². The van der Waals surface area contributed by atoms with Gasteiger partial charge in [0.2, 0.25) is 0 Å². The Kier molecular flexibility index (Phi) is 4.78. The van der Waals surface area contributed by atoms with Crippen LogP contribution in [-0.2, 0) is 0 Å². The quantitative estimate of drug-likeness (QED) is 0.935. The number of aliphatic hydroxyl groups is 1. The summed E-state index contributed by atoms with van der Waals surface area (Å²) in [7, 11) is 1.81. The van der Waals surface area contributed by atoms with E-state index in [1.54, 1.807) is 16.2 Å². The van der Waals surface area contributed by atoms with Crippen molar-refractivity contribution in [1.82, 2.24) is 9.88 Å². The number of nitrogens with zero attached hydrogens (tertiary/aromatic N) is 2. The Balaban J connectivity index is 1.67. The average Bonchev–Trinajstić information content (AvgIpc) is 3.16. The summed E-state index contributed by atoms with van der Waals surface area (Å²) < 4.78 is 0. The number of benzene rings is 1. The molecule has 1 fully saturated rings. The van der Waals surface area contributed by atoms with Gasteiger partial charge in [0.15, 0.2) is 0 Å². The van der Waals surface area contributed by atoms with Crippen LogP contribution in [0.3, 0.4) is 0 Å². The van der Waals surface area contributed by atoms with Gasteiger partial charge >= 0.3 is 0 Å². The molecule has 1 saturated carbocycles. The zero-order valence-corrected chi connectivity index (χ0v) is 14.3. The number of carbonyl (C=O) groups excluding carboxylic acids is 1. The molecule has 2 unspecified atom stereocenters. The molecule has 122 valence electrons. The molecule has 3 rings (SSSR count). The van der Waals surface area contributed by atoms with Gasteiger partial charge < -0.3 is 10.0 Å². The molecule has 23 heavy (non-hydrogen) atoms. The Labute approximate surface area is 140 Å². The standard InChI is InChI=1S/C18H22N2O2S/c1-12-11-23-17(19-12)13-6-8-14(9-7-13)18(22)20(2)10-15-4-3-5-16(15)21/h6-9,11,15-16,21H,3-5,10H2,1-2H3. The number of rotatable bonds is 4. The fraction of sp³-hybridized carbons (Fsp3) is 0.444. The second-order valence-electron chi connectivity index (χ2n) is 6.32. The lowest BCUT2D eigenvalue weighted by atomic mass is 10.0. The molecule has 0 radical (unpaired) electrons. The molecule has 5 heteroatoms. The molecule has 0 saturated heterocycles. The predicted molar refractivity (Wildman–Crippen MR) is 92.6 cm³/mol. The molecule has 4 nitrogen and oxygen atoms in total. The summed E-state index contributed by atoms with van der Waals surface area (Å²) in [5, 5.41) is 12.9. The van der Waals surface area contributed by atoms with Gasteiger partial charge in [-0.15, -0.1) is 11.3 Å². The topological polar surface area (TPSA) is 53.4 Å². The largest absolute Gasteiger partial charge is 0.393 e. The highest BCUT2D eigenvalue weighted by molar-refractivity contribution is 7.13. The monoisotopic (exact) mass is 330 g/mol. The van der Waals surface area contributed by atoms with Gasteiger partial charge in [-0.05, 0) is 31.9 Å². The smallest absolute Gasteiger partial charge is 0.253 e. The number of thiazole rings is 1. The Morgan fingerprint density at radius 3 is 2.65 bits per heavy atom. The van der Waals surface area contributed by atoms with Crippen molar-refractivity contribution in [2.45, 2.75) is 32.3 Å². The van der Waals surface area contributed by atoms with E-state index in [0.717, 1.165) is 35.5 Å². The van der Waals surface area contributed by atoms with E-state index in [1.165, 1.54) is 0 Å². The third-order valence-corrected chi connectivity index (χ3v) is 5.48. The van der Waals surface area contributed by atoms with Crippen LogP contribution in [0.2, 0.25) is 0 Å². The molecule has 1 aliphatic rings. The third-order valence-electron chi connectivity index (χ3n) is 4.47. The van der Waals surface area contributed by atoms with Crippen molar-refractivity contribution in [3.8, 4) is 10.6 Å². The van der Waals surface area contributed by atoms with Crippen LogP contribution >= 0.6 is 11.3 Å². The number of carbonyl (C=O) groups is 1. The molecule has 2 atom stereocenters. The minimum absolute atomic E-state index is 0.00553. The van der Waals surface area contributed by atoms with Crippen LogP contribution in [0.4, 0.5) is 0 Å². The van der Waals surface area contributed by atoms with Crippen molar-refractivity contribution in [1.29, 1.82) is 0 Å². The molecule has 0 aliphatic heterocycles. The Morgan fingerprint density at radius 1 is 1.35 bits per heavy atom. The Morgan fingerprint density at radius 2 is 2.09 bits per heavy atom. The number of aliphatic hydroxyl groups excluding tert-OH is 1. The lowest BCUT2D eigenvalue weighted by molar-refractivity contribution is 0.0693. The van der Waals surface area contributed by atoms with Gasteiger partial charge in [-0.1, -0.05) is 18.6 Å². The van der Waals surface area contributed by atoms with E-state index >= 15 is 0 Å². The van der Waals surface area contributed by atoms with E-state index < -0.39 is 0 Å². The molecule has 0 bridgehead atoms. The zero-order chi connectivity index (χ0) is 16.4. The van der Waals surface area contributed by atoms with E-state index in [4.69, 9.17) is 0 Å². The van der Waals surface area contributed by atoms with Crippen molar-refractivity contribution in [3.63, 3.8) is 0 Å². The molecule has 1 amide bonds. The first-order valence-electron chi connectivity index (χ1n) is 8.00. The first-order valence-corrected chi connectivity index (χ1v) is 8.88. The molecule has 1 heterocycles. The van der Waals surface area contributed by atoms with Crippen molar-refractivity contribution in [3.05, 3.63) is 40.9 Å². The minimum atomic E-state index is -0.263. The fourth-order valence-corrected chi connectivity index (χ4v) is 3.93. The zero-order valence-electron chi connectivity index (χ0n) is 13.5. The molecule has 1 aromatic carbocycles. The minimum Gasteiger partial charge on any atom is -0.393 e. The highest BCUT2D eigenvalue weighted by atomic mass is 32.1. The van der Waals surface area contributed by atoms with Crippen molar-refractivity contribution in [2.75, 3.05) is 13.6 Å². The van der Waals surface area contributed by atoms with Gasteiger partial charge in [-0.2, -0.15) is 0 Å². The summed E-state index contributed by atoms with van der Waals surface area (Å²) in [6.07, 6.45) is 2.65. The van der Waals surface area contributed by atoms with Crippen molar-refractivity contribution in [2.24, 2.45) is 5.92 Å². The van der Waals surface area contributed by atoms with Gasteiger partial charge in [0.05, 0.1) is 6.10 Å². The second-order valence-corrected chi connectivity index (χ2v) is 7.17. The van der Waals surface area contributed by atoms with E-state index in [9.17, 15) is 9.90 Å². The van der Waals surface area contributed by atoms with E-state index in [2.05, 4.69) is 4.98 Å². The normalized spacial score (nSPS) is 20.7. The molecular weight excluding hydrogens is 308 g/mol. The lowest BCUT2D eigenvalue weighted by Gasteiger charge is -2.23. The number of amides is 1. The SMILES string of the molecule is Cc1csc(-c2ccc(C(=O)N(C)CC3CCCC3O)cc2)n1. The lowest BCUT2D eigenvalue weighted by Crippen LogP contribution is -2.34. The first-order chi connectivity index (χ1) is 11.0. The van der Waals surface area contributed by atoms with Gasteiger partial charge in [0.25, 0.3) is 5.91 Å². The summed E-state index contributed by atoms with van der Waals surface area (Å²) >= 11 is 1.61. The highest BCUT2D eigenvalue weighted by Gasteiger charge is 2.27. The average molecular weight is 330 g/mol. The van der Waals surface area contributed by atoms with Crippen LogP contribution in [0.1, 0.15) is 35.3 Å². The maximum absolute atomic E-state index is 12.5.